The summed E-state index contributed by atoms with van der Waals surface area (Å²) in [5.74, 6) is 0. The third kappa shape index (κ3) is 3.91. The van der Waals surface area contributed by atoms with Crippen LogP contribution in [0, 0.1) is 0 Å². The molecule has 0 aromatic heterocycles. The fourth-order valence-corrected chi connectivity index (χ4v) is 2.94. The highest BCUT2D eigenvalue weighted by atomic mass is 15.4. The van der Waals surface area contributed by atoms with Crippen molar-refractivity contribution in [1.82, 2.24) is 20.5 Å². The maximum absolute atomic E-state index is 6.19. The van der Waals surface area contributed by atoms with Gasteiger partial charge in [0.1, 0.15) is 0 Å². The first-order valence-corrected chi connectivity index (χ1v) is 7.94. The predicted molar refractivity (Wildman–Crippen MR) is 93.3 cm³/mol. The summed E-state index contributed by atoms with van der Waals surface area (Å²) >= 11 is 0. The minimum absolute atomic E-state index is 0.653. The molecule has 0 aliphatic carbocycles. The van der Waals surface area contributed by atoms with Crippen LogP contribution in [0.1, 0.15) is 5.56 Å². The highest BCUT2D eigenvalue weighted by Crippen LogP contribution is 2.20. The van der Waals surface area contributed by atoms with Gasteiger partial charge < -0.3 is 16.0 Å². The second-order valence-electron chi connectivity index (χ2n) is 5.85. The zero-order valence-corrected chi connectivity index (χ0v) is 13.3. The Morgan fingerprint density at radius 1 is 1.22 bits per heavy atom. The Bertz CT molecular complexity index is 601. The second-order valence-corrected chi connectivity index (χ2v) is 5.85. The fourth-order valence-electron chi connectivity index (χ4n) is 2.94. The molecule has 1 aromatic rings. The van der Waals surface area contributed by atoms with Crippen molar-refractivity contribution >= 4 is 6.21 Å². The molecule has 1 fully saturated rings. The van der Waals surface area contributed by atoms with E-state index in [2.05, 4.69) is 56.5 Å². The second kappa shape index (κ2) is 7.30. The lowest BCUT2D eigenvalue weighted by Gasteiger charge is -2.37. The lowest BCUT2D eigenvalue weighted by molar-refractivity contribution is 0.140. The van der Waals surface area contributed by atoms with Gasteiger partial charge in [-0.15, -0.1) is 0 Å². The van der Waals surface area contributed by atoms with Gasteiger partial charge >= 0.3 is 0 Å². The number of allylic oxidation sites excluding steroid dienone is 1. The highest BCUT2D eigenvalue weighted by molar-refractivity contribution is 5.80. The lowest BCUT2D eigenvalue weighted by Crippen LogP contribution is -2.48. The summed E-state index contributed by atoms with van der Waals surface area (Å²) in [6.45, 7) is 9.79. The van der Waals surface area contributed by atoms with E-state index in [1.54, 1.807) is 6.21 Å². The zero-order valence-electron chi connectivity index (χ0n) is 13.3. The zero-order chi connectivity index (χ0) is 16.1. The summed E-state index contributed by atoms with van der Waals surface area (Å²) in [7, 11) is 0. The molecule has 23 heavy (non-hydrogen) atoms. The maximum Gasteiger partial charge on any atom is 0.0878 e. The molecular formula is C17H24N6. The highest BCUT2D eigenvalue weighted by Gasteiger charge is 2.22. The number of nitrogens with two attached hydrogens (primary N) is 1. The quantitative estimate of drug-likeness (QED) is 0.744. The Hall–Kier alpha value is -2.31. The summed E-state index contributed by atoms with van der Waals surface area (Å²) < 4.78 is 0. The number of piperazine rings is 1. The number of benzene rings is 1. The van der Waals surface area contributed by atoms with Gasteiger partial charge in [0.05, 0.1) is 30.0 Å². The fraction of sp³-hybridized carbons (Fsp3) is 0.353. The number of nitrogens with one attached hydrogen (secondary N) is 2. The molecule has 1 aromatic carbocycles. The van der Waals surface area contributed by atoms with E-state index in [4.69, 9.17) is 5.73 Å². The third-order valence-corrected chi connectivity index (χ3v) is 4.08. The van der Waals surface area contributed by atoms with Gasteiger partial charge in [0.25, 0.3) is 0 Å². The molecule has 6 nitrogen and oxygen atoms in total. The van der Waals surface area contributed by atoms with Gasteiger partial charge in [0, 0.05) is 32.7 Å². The third-order valence-electron chi connectivity index (χ3n) is 4.08. The Labute approximate surface area is 137 Å². The molecule has 0 atom stereocenters. The Kier molecular flexibility index (Phi) is 4.95. The molecule has 4 N–H and O–H groups in total. The van der Waals surface area contributed by atoms with E-state index in [1.807, 2.05) is 6.07 Å². The molecule has 2 aliphatic heterocycles. The van der Waals surface area contributed by atoms with Crippen molar-refractivity contribution in [3.05, 3.63) is 59.6 Å². The SMILES string of the molecule is C=C1NN=CC(N)=C1N(Cc1ccccc1)CN1CCNCC1. The Balaban J connectivity index is 1.83. The largest absolute Gasteiger partial charge is 0.396 e. The minimum Gasteiger partial charge on any atom is -0.396 e. The van der Waals surface area contributed by atoms with E-state index in [-0.39, 0.29) is 0 Å². The van der Waals surface area contributed by atoms with Crippen molar-refractivity contribution < 1.29 is 0 Å². The molecular weight excluding hydrogens is 288 g/mol. The molecule has 0 amide bonds. The predicted octanol–water partition coefficient (Wildman–Crippen LogP) is 0.624. The summed E-state index contributed by atoms with van der Waals surface area (Å²) in [5, 5.41) is 7.40. The van der Waals surface area contributed by atoms with Gasteiger partial charge in [0.2, 0.25) is 0 Å². The number of hydrogen-bond acceptors (Lipinski definition) is 6. The smallest absolute Gasteiger partial charge is 0.0878 e. The van der Waals surface area contributed by atoms with E-state index in [0.29, 0.717) is 5.70 Å². The van der Waals surface area contributed by atoms with Crippen molar-refractivity contribution in [3.8, 4) is 0 Å². The first-order chi connectivity index (χ1) is 11.2. The van der Waals surface area contributed by atoms with Crippen molar-refractivity contribution in [2.75, 3.05) is 32.8 Å². The van der Waals surface area contributed by atoms with E-state index in [9.17, 15) is 0 Å². The van der Waals surface area contributed by atoms with Crippen LogP contribution in [0.25, 0.3) is 0 Å². The molecule has 3 rings (SSSR count). The van der Waals surface area contributed by atoms with E-state index in [1.165, 1.54) is 5.56 Å². The van der Waals surface area contributed by atoms with Crippen LogP contribution < -0.4 is 16.5 Å². The average Bonchev–Trinajstić information content (AvgIpc) is 2.56. The van der Waals surface area contributed by atoms with Gasteiger partial charge in [-0.3, -0.25) is 10.3 Å². The molecule has 0 spiro atoms. The molecule has 0 radical (unpaired) electrons. The standard InChI is InChI=1S/C17H24N6/c1-14-17(16(18)11-20-21-14)23(12-15-5-3-2-4-6-15)13-22-9-7-19-8-10-22/h2-6,11,19,21H,1,7-10,12-13,18H2. The van der Waals surface area contributed by atoms with E-state index < -0.39 is 0 Å². The number of rotatable bonds is 5. The Morgan fingerprint density at radius 2 is 1.96 bits per heavy atom. The molecule has 1 saturated heterocycles. The van der Waals surface area contributed by atoms with Crippen LogP contribution in [0.3, 0.4) is 0 Å². The maximum atomic E-state index is 6.19. The van der Waals surface area contributed by atoms with Crippen LogP contribution >= 0.6 is 0 Å². The van der Waals surface area contributed by atoms with Crippen LogP contribution in [-0.2, 0) is 6.54 Å². The van der Waals surface area contributed by atoms with Gasteiger partial charge in [-0.1, -0.05) is 36.9 Å². The Morgan fingerprint density at radius 3 is 2.65 bits per heavy atom. The topological polar surface area (TPSA) is 68.9 Å². The summed E-state index contributed by atoms with van der Waals surface area (Å²) in [5.41, 5.74) is 12.7. The molecule has 122 valence electrons. The van der Waals surface area contributed by atoms with E-state index in [0.717, 1.165) is 50.8 Å². The van der Waals surface area contributed by atoms with Crippen molar-refractivity contribution in [2.24, 2.45) is 10.8 Å². The van der Waals surface area contributed by atoms with Crippen LogP contribution in [0.15, 0.2) is 59.1 Å². The summed E-state index contributed by atoms with van der Waals surface area (Å²) in [4.78, 5) is 4.70. The molecule has 2 heterocycles. The molecule has 0 bridgehead atoms. The average molecular weight is 312 g/mol. The molecule has 6 heteroatoms. The van der Waals surface area contributed by atoms with Gasteiger partial charge in [-0.25, -0.2) is 0 Å². The number of hydrazone groups is 1. The van der Waals surface area contributed by atoms with Crippen molar-refractivity contribution in [3.63, 3.8) is 0 Å². The lowest BCUT2D eigenvalue weighted by atomic mass is 10.1. The first-order valence-electron chi connectivity index (χ1n) is 7.94. The van der Waals surface area contributed by atoms with Gasteiger partial charge in [0.15, 0.2) is 0 Å². The van der Waals surface area contributed by atoms with Crippen LogP contribution in [0.5, 0.6) is 0 Å². The van der Waals surface area contributed by atoms with Gasteiger partial charge in [-0.05, 0) is 5.56 Å². The molecule has 2 aliphatic rings. The van der Waals surface area contributed by atoms with Crippen LogP contribution in [-0.4, -0.2) is 48.9 Å². The number of nitrogens with zero attached hydrogens (tertiary/aromatic N) is 3. The molecule has 0 saturated carbocycles. The summed E-state index contributed by atoms with van der Waals surface area (Å²) in [6.07, 6.45) is 1.65. The number of hydrogen-bond donors (Lipinski definition) is 3. The van der Waals surface area contributed by atoms with Crippen LogP contribution in [0.2, 0.25) is 0 Å². The normalized spacial score (nSPS) is 18.9. The first kappa shape index (κ1) is 15.6. The summed E-state index contributed by atoms with van der Waals surface area (Å²) in [6, 6.07) is 10.4. The van der Waals surface area contributed by atoms with E-state index >= 15 is 0 Å². The monoisotopic (exact) mass is 312 g/mol. The molecule has 0 unspecified atom stereocenters. The van der Waals surface area contributed by atoms with Crippen molar-refractivity contribution in [2.45, 2.75) is 6.54 Å². The van der Waals surface area contributed by atoms with Gasteiger partial charge in [-0.2, -0.15) is 5.10 Å². The van der Waals surface area contributed by atoms with Crippen molar-refractivity contribution in [1.29, 1.82) is 0 Å². The minimum atomic E-state index is 0.653. The van der Waals surface area contributed by atoms with Crippen LogP contribution in [0.4, 0.5) is 0 Å².